The monoisotopic (exact) mass is 491 g/mol. The van der Waals surface area contributed by atoms with E-state index in [1.165, 1.54) is 0 Å². The van der Waals surface area contributed by atoms with Gasteiger partial charge in [-0.1, -0.05) is 15.9 Å². The van der Waals surface area contributed by atoms with E-state index in [-0.39, 0.29) is 23.0 Å². The Balaban J connectivity index is 2.05. The SMILES string of the molecule is CCN(CC)C(=O)c1ccc(NC(=S)NC(=O)c2cc(Br)ccc2OC(C)C)cc1. The Bertz CT molecular complexity index is 912. The zero-order valence-electron chi connectivity index (χ0n) is 17.5. The summed E-state index contributed by atoms with van der Waals surface area (Å²) in [4.78, 5) is 26.8. The first-order valence-corrected chi connectivity index (χ1v) is 10.9. The molecule has 0 atom stereocenters. The van der Waals surface area contributed by atoms with Crippen molar-refractivity contribution in [3.8, 4) is 5.75 Å². The molecule has 0 aromatic heterocycles. The van der Waals surface area contributed by atoms with Crippen molar-refractivity contribution in [3.63, 3.8) is 0 Å². The van der Waals surface area contributed by atoms with E-state index in [1.54, 1.807) is 41.3 Å². The molecule has 0 heterocycles. The van der Waals surface area contributed by atoms with Gasteiger partial charge < -0.3 is 15.0 Å². The number of carbonyl (C=O) groups excluding carboxylic acids is 2. The number of nitrogens with zero attached hydrogens (tertiary/aromatic N) is 1. The Hall–Kier alpha value is -2.45. The van der Waals surface area contributed by atoms with Crippen molar-refractivity contribution in [3.05, 3.63) is 58.1 Å². The minimum absolute atomic E-state index is 0.0187. The molecule has 0 aliphatic carbocycles. The summed E-state index contributed by atoms with van der Waals surface area (Å²) >= 11 is 8.64. The fourth-order valence-electron chi connectivity index (χ4n) is 2.76. The van der Waals surface area contributed by atoms with Crippen LogP contribution in [0.1, 0.15) is 48.4 Å². The maximum atomic E-state index is 12.7. The Labute approximate surface area is 191 Å². The van der Waals surface area contributed by atoms with Gasteiger partial charge in [-0.2, -0.15) is 0 Å². The molecule has 8 heteroatoms. The van der Waals surface area contributed by atoms with Crippen LogP contribution >= 0.6 is 28.1 Å². The first-order chi connectivity index (χ1) is 14.2. The molecule has 0 spiro atoms. The second-order valence-corrected chi connectivity index (χ2v) is 8.09. The largest absolute Gasteiger partial charge is 0.490 e. The van der Waals surface area contributed by atoms with Crippen molar-refractivity contribution in [1.82, 2.24) is 10.2 Å². The number of thiocarbonyl (C=S) groups is 1. The highest BCUT2D eigenvalue weighted by Gasteiger charge is 2.16. The van der Waals surface area contributed by atoms with Gasteiger partial charge in [0.1, 0.15) is 5.75 Å². The molecule has 2 aromatic rings. The number of rotatable bonds is 7. The Morgan fingerprint density at radius 2 is 1.73 bits per heavy atom. The fourth-order valence-corrected chi connectivity index (χ4v) is 3.33. The molecule has 2 amide bonds. The molecular formula is C22H26BrN3O3S. The lowest BCUT2D eigenvalue weighted by Gasteiger charge is -2.19. The summed E-state index contributed by atoms with van der Waals surface area (Å²) in [6.45, 7) is 8.99. The van der Waals surface area contributed by atoms with Crippen LogP contribution in [-0.2, 0) is 0 Å². The number of hydrogen-bond donors (Lipinski definition) is 2. The molecular weight excluding hydrogens is 466 g/mol. The van der Waals surface area contributed by atoms with Gasteiger partial charge in [-0.3, -0.25) is 14.9 Å². The average Bonchev–Trinajstić information content (AvgIpc) is 2.70. The zero-order valence-corrected chi connectivity index (χ0v) is 19.9. The number of halogens is 1. The van der Waals surface area contributed by atoms with E-state index in [9.17, 15) is 9.59 Å². The molecule has 30 heavy (non-hydrogen) atoms. The zero-order chi connectivity index (χ0) is 22.3. The van der Waals surface area contributed by atoms with Crippen LogP contribution in [0.15, 0.2) is 46.9 Å². The number of nitrogens with one attached hydrogen (secondary N) is 2. The lowest BCUT2D eigenvalue weighted by molar-refractivity contribution is 0.0772. The minimum atomic E-state index is -0.377. The van der Waals surface area contributed by atoms with Crippen LogP contribution in [-0.4, -0.2) is 41.0 Å². The number of amides is 2. The van der Waals surface area contributed by atoms with Gasteiger partial charge in [-0.25, -0.2) is 0 Å². The predicted octanol–water partition coefficient (Wildman–Crippen LogP) is 4.85. The molecule has 0 aliphatic heterocycles. The molecule has 6 nitrogen and oxygen atoms in total. The van der Waals surface area contributed by atoms with Crippen LogP contribution in [0.4, 0.5) is 5.69 Å². The second-order valence-electron chi connectivity index (χ2n) is 6.77. The Morgan fingerprint density at radius 1 is 1.10 bits per heavy atom. The fraction of sp³-hybridized carbons (Fsp3) is 0.318. The lowest BCUT2D eigenvalue weighted by Crippen LogP contribution is -2.34. The van der Waals surface area contributed by atoms with Gasteiger partial charge >= 0.3 is 0 Å². The molecule has 160 valence electrons. The van der Waals surface area contributed by atoms with E-state index in [4.69, 9.17) is 17.0 Å². The summed E-state index contributed by atoms with van der Waals surface area (Å²) in [7, 11) is 0. The quantitative estimate of drug-likeness (QED) is 0.541. The average molecular weight is 492 g/mol. The van der Waals surface area contributed by atoms with Crippen LogP contribution in [0, 0.1) is 0 Å². The third-order valence-electron chi connectivity index (χ3n) is 4.22. The van der Waals surface area contributed by atoms with Gasteiger partial charge in [-0.05, 0) is 82.4 Å². The number of hydrogen-bond acceptors (Lipinski definition) is 4. The summed E-state index contributed by atoms with van der Waals surface area (Å²) in [5, 5.41) is 5.78. The molecule has 2 rings (SSSR count). The summed E-state index contributed by atoms with van der Waals surface area (Å²) in [5.74, 6) is 0.0836. The van der Waals surface area contributed by atoms with Crippen molar-refractivity contribution >= 4 is 50.8 Å². The smallest absolute Gasteiger partial charge is 0.261 e. The van der Waals surface area contributed by atoms with Crippen molar-refractivity contribution in [2.45, 2.75) is 33.8 Å². The summed E-state index contributed by atoms with van der Waals surface area (Å²) in [6, 6.07) is 12.2. The van der Waals surface area contributed by atoms with E-state index in [0.29, 0.717) is 35.7 Å². The highest BCUT2D eigenvalue weighted by atomic mass is 79.9. The highest BCUT2D eigenvalue weighted by molar-refractivity contribution is 9.10. The standard InChI is InChI=1S/C22H26BrN3O3S/c1-5-26(6-2)21(28)15-7-10-17(11-8-15)24-22(30)25-20(27)18-13-16(23)9-12-19(18)29-14(3)4/h7-14H,5-6H2,1-4H3,(H2,24,25,27,30). The molecule has 0 saturated heterocycles. The molecule has 0 unspecified atom stereocenters. The van der Waals surface area contributed by atoms with Crippen LogP contribution < -0.4 is 15.4 Å². The molecule has 0 aliphatic rings. The Kier molecular flexibility index (Phi) is 8.80. The van der Waals surface area contributed by atoms with E-state index >= 15 is 0 Å². The molecule has 0 fully saturated rings. The van der Waals surface area contributed by atoms with E-state index in [0.717, 1.165) is 4.47 Å². The summed E-state index contributed by atoms with van der Waals surface area (Å²) in [5.41, 5.74) is 1.65. The maximum absolute atomic E-state index is 12.7. The van der Waals surface area contributed by atoms with Gasteiger partial charge in [0.2, 0.25) is 0 Å². The molecule has 0 saturated carbocycles. The topological polar surface area (TPSA) is 70.7 Å². The maximum Gasteiger partial charge on any atom is 0.261 e. The van der Waals surface area contributed by atoms with Gasteiger partial charge in [0.15, 0.2) is 5.11 Å². The molecule has 2 aromatic carbocycles. The lowest BCUT2D eigenvalue weighted by atomic mass is 10.1. The van der Waals surface area contributed by atoms with Crippen LogP contribution in [0.2, 0.25) is 0 Å². The molecule has 0 radical (unpaired) electrons. The predicted molar refractivity (Wildman–Crippen MR) is 127 cm³/mol. The second kappa shape index (κ2) is 11.1. The number of anilines is 1. The van der Waals surface area contributed by atoms with Gasteiger partial charge in [0.05, 0.1) is 11.7 Å². The van der Waals surface area contributed by atoms with Crippen molar-refractivity contribution in [1.29, 1.82) is 0 Å². The third-order valence-corrected chi connectivity index (χ3v) is 4.91. The van der Waals surface area contributed by atoms with Gasteiger partial charge in [0, 0.05) is 28.8 Å². The summed E-state index contributed by atoms with van der Waals surface area (Å²) < 4.78 is 6.47. The Morgan fingerprint density at radius 3 is 2.30 bits per heavy atom. The number of carbonyl (C=O) groups is 2. The molecule has 0 bridgehead atoms. The first kappa shape index (κ1) is 23.8. The van der Waals surface area contributed by atoms with Crippen molar-refractivity contribution in [2.24, 2.45) is 0 Å². The number of ether oxygens (including phenoxy) is 1. The molecule has 2 N–H and O–H groups in total. The van der Waals surface area contributed by atoms with Crippen molar-refractivity contribution < 1.29 is 14.3 Å². The summed E-state index contributed by atoms with van der Waals surface area (Å²) in [6.07, 6.45) is -0.0691. The third kappa shape index (κ3) is 6.53. The number of benzene rings is 2. The van der Waals surface area contributed by atoms with E-state index in [1.807, 2.05) is 33.8 Å². The first-order valence-electron chi connectivity index (χ1n) is 9.73. The van der Waals surface area contributed by atoms with E-state index in [2.05, 4.69) is 26.6 Å². The van der Waals surface area contributed by atoms with Crippen LogP contribution in [0.5, 0.6) is 5.75 Å². The van der Waals surface area contributed by atoms with Crippen molar-refractivity contribution in [2.75, 3.05) is 18.4 Å². The van der Waals surface area contributed by atoms with Gasteiger partial charge in [0.25, 0.3) is 11.8 Å². The van der Waals surface area contributed by atoms with Crippen LogP contribution in [0.25, 0.3) is 0 Å². The highest BCUT2D eigenvalue weighted by Crippen LogP contribution is 2.24. The minimum Gasteiger partial charge on any atom is -0.490 e. The van der Waals surface area contributed by atoms with E-state index < -0.39 is 0 Å². The normalized spacial score (nSPS) is 10.5. The van der Waals surface area contributed by atoms with Gasteiger partial charge in [-0.15, -0.1) is 0 Å². The van der Waals surface area contributed by atoms with Crippen LogP contribution in [0.3, 0.4) is 0 Å².